The van der Waals surface area contributed by atoms with Gasteiger partial charge in [0.15, 0.2) is 6.67 Å². The van der Waals surface area contributed by atoms with Gasteiger partial charge >= 0.3 is 5.91 Å². The Morgan fingerprint density at radius 2 is 1.80 bits per heavy atom. The number of para-hydroxylation sites is 1. The van der Waals surface area contributed by atoms with Crippen LogP contribution in [-0.2, 0) is 4.79 Å². The van der Waals surface area contributed by atoms with Crippen LogP contribution in [0.25, 0.3) is 0 Å². The number of amides is 1. The first-order valence-electron chi connectivity index (χ1n) is 7.35. The van der Waals surface area contributed by atoms with Gasteiger partial charge in [-0.2, -0.15) is 0 Å². The molecular formula is C16H21N2O2+. The van der Waals surface area contributed by atoms with Crippen LogP contribution in [-0.4, -0.2) is 31.4 Å². The summed E-state index contributed by atoms with van der Waals surface area (Å²) >= 11 is 0. The fraction of sp³-hybridized carbons (Fsp3) is 0.500. The van der Waals surface area contributed by atoms with E-state index in [1.54, 1.807) is 11.0 Å². The van der Waals surface area contributed by atoms with E-state index < -0.39 is 0 Å². The predicted octanol–water partition coefficient (Wildman–Crippen LogP) is 0.734. The van der Waals surface area contributed by atoms with Gasteiger partial charge in [-0.25, -0.2) is 0 Å². The van der Waals surface area contributed by atoms with Crippen molar-refractivity contribution in [3.8, 4) is 0 Å². The molecule has 0 bridgehead atoms. The Labute approximate surface area is 119 Å². The number of rotatable bonds is 2. The molecule has 1 aromatic carbocycles. The summed E-state index contributed by atoms with van der Waals surface area (Å²) in [7, 11) is 0. The highest BCUT2D eigenvalue weighted by atomic mass is 16.2. The summed E-state index contributed by atoms with van der Waals surface area (Å²) in [5, 5.41) is 0. The molecule has 2 aliphatic heterocycles. The van der Waals surface area contributed by atoms with Crippen molar-refractivity contribution in [3.63, 3.8) is 0 Å². The summed E-state index contributed by atoms with van der Waals surface area (Å²) < 4.78 is 0. The maximum atomic E-state index is 12.2. The molecule has 1 amide bonds. The largest absolute Gasteiger partial charge is 0.317 e. The molecule has 1 N–H and O–H groups in total. The van der Waals surface area contributed by atoms with Crippen LogP contribution in [0.3, 0.4) is 0 Å². The molecule has 2 aliphatic rings. The molecule has 0 saturated carbocycles. The van der Waals surface area contributed by atoms with Crippen molar-refractivity contribution >= 4 is 17.4 Å². The molecule has 20 heavy (non-hydrogen) atoms. The number of anilines is 1. The highest BCUT2D eigenvalue weighted by Gasteiger charge is 2.38. The van der Waals surface area contributed by atoms with Crippen molar-refractivity contribution in [3.05, 3.63) is 29.8 Å². The normalized spacial score (nSPS) is 29.7. The average Bonchev–Trinajstić information content (AvgIpc) is 2.64. The van der Waals surface area contributed by atoms with E-state index in [2.05, 4.69) is 13.8 Å². The van der Waals surface area contributed by atoms with Crippen LogP contribution in [0.15, 0.2) is 24.3 Å². The number of Topliss-reactive ketones (excluding diaryl/α,β-unsaturated/α-hetero) is 1. The van der Waals surface area contributed by atoms with Crippen LogP contribution in [0.2, 0.25) is 0 Å². The van der Waals surface area contributed by atoms with Crippen molar-refractivity contribution in [1.82, 2.24) is 0 Å². The van der Waals surface area contributed by atoms with Crippen molar-refractivity contribution < 1.29 is 14.5 Å². The molecule has 0 radical (unpaired) electrons. The van der Waals surface area contributed by atoms with E-state index in [9.17, 15) is 9.59 Å². The molecule has 106 valence electrons. The molecule has 1 saturated heterocycles. The van der Waals surface area contributed by atoms with E-state index in [4.69, 9.17) is 0 Å². The van der Waals surface area contributed by atoms with E-state index in [-0.39, 0.29) is 11.7 Å². The molecule has 2 heterocycles. The fourth-order valence-electron chi connectivity index (χ4n) is 3.68. The molecule has 0 spiro atoms. The minimum atomic E-state index is -0.371. The first kappa shape index (κ1) is 13.3. The summed E-state index contributed by atoms with van der Waals surface area (Å²) in [5.74, 6) is 0.623. The Morgan fingerprint density at radius 1 is 1.15 bits per heavy atom. The van der Waals surface area contributed by atoms with Gasteiger partial charge in [-0.3, -0.25) is 14.5 Å². The highest BCUT2D eigenvalue weighted by molar-refractivity contribution is 6.52. The molecule has 1 aromatic rings. The van der Waals surface area contributed by atoms with Crippen molar-refractivity contribution in [2.24, 2.45) is 11.8 Å². The Hall–Kier alpha value is -1.68. The number of ketones is 1. The van der Waals surface area contributed by atoms with E-state index in [0.29, 0.717) is 24.1 Å². The Kier molecular flexibility index (Phi) is 3.34. The van der Waals surface area contributed by atoms with Crippen LogP contribution in [0.4, 0.5) is 5.69 Å². The number of carbonyl (C=O) groups is 2. The quantitative estimate of drug-likeness (QED) is 0.807. The van der Waals surface area contributed by atoms with Gasteiger partial charge in [0, 0.05) is 11.8 Å². The van der Waals surface area contributed by atoms with Crippen molar-refractivity contribution in [1.29, 1.82) is 0 Å². The smallest absolute Gasteiger partial charge is 0.303 e. The third-order valence-electron chi connectivity index (χ3n) is 4.34. The molecule has 0 aromatic heterocycles. The number of benzene rings is 1. The minimum Gasteiger partial charge on any atom is -0.317 e. The lowest BCUT2D eigenvalue weighted by molar-refractivity contribution is -0.910. The highest BCUT2D eigenvalue weighted by Crippen LogP contribution is 2.27. The van der Waals surface area contributed by atoms with Crippen LogP contribution in [0, 0.1) is 11.8 Å². The van der Waals surface area contributed by atoms with Gasteiger partial charge in [0.1, 0.15) is 0 Å². The lowest BCUT2D eigenvalue weighted by atomic mass is 9.92. The zero-order valence-electron chi connectivity index (χ0n) is 12.1. The third-order valence-corrected chi connectivity index (χ3v) is 4.34. The second-order valence-electron chi connectivity index (χ2n) is 6.34. The number of nitrogens with zero attached hydrogens (tertiary/aromatic N) is 1. The molecular weight excluding hydrogens is 252 g/mol. The molecule has 4 nitrogen and oxygen atoms in total. The first-order chi connectivity index (χ1) is 9.56. The Balaban J connectivity index is 1.81. The Morgan fingerprint density at radius 3 is 2.50 bits per heavy atom. The van der Waals surface area contributed by atoms with Crippen LogP contribution < -0.4 is 9.80 Å². The average molecular weight is 273 g/mol. The second kappa shape index (κ2) is 5.02. The summed E-state index contributed by atoms with van der Waals surface area (Å²) in [5.41, 5.74) is 1.33. The number of piperidine rings is 1. The SMILES string of the molecule is C[C@@H]1C[C@H](C)C[NH+](CN2C(=O)C(=O)c3ccccc32)C1. The van der Waals surface area contributed by atoms with E-state index >= 15 is 0 Å². The third kappa shape index (κ3) is 2.24. The lowest BCUT2D eigenvalue weighted by Crippen LogP contribution is -3.16. The second-order valence-corrected chi connectivity index (χ2v) is 6.34. The van der Waals surface area contributed by atoms with E-state index in [1.807, 2.05) is 18.2 Å². The number of hydrogen-bond acceptors (Lipinski definition) is 2. The summed E-state index contributed by atoms with van der Waals surface area (Å²) in [6.07, 6.45) is 1.26. The topological polar surface area (TPSA) is 41.8 Å². The van der Waals surface area contributed by atoms with Gasteiger partial charge in [-0.05, 0) is 18.6 Å². The number of quaternary nitrogens is 1. The molecule has 1 unspecified atom stereocenters. The van der Waals surface area contributed by atoms with Gasteiger partial charge in [0.2, 0.25) is 0 Å². The van der Waals surface area contributed by atoms with Crippen LogP contribution in [0.1, 0.15) is 30.6 Å². The zero-order chi connectivity index (χ0) is 14.3. The number of hydrogen-bond donors (Lipinski definition) is 1. The number of nitrogens with one attached hydrogen (secondary N) is 1. The number of likely N-dealkylation sites (tertiary alicyclic amines) is 1. The summed E-state index contributed by atoms with van der Waals surface area (Å²) in [6, 6.07) is 7.31. The maximum Gasteiger partial charge on any atom is 0.303 e. The molecule has 4 heteroatoms. The fourth-order valence-corrected chi connectivity index (χ4v) is 3.68. The van der Waals surface area contributed by atoms with Crippen molar-refractivity contribution in [2.75, 3.05) is 24.7 Å². The van der Waals surface area contributed by atoms with Gasteiger partial charge in [-0.15, -0.1) is 0 Å². The number of fused-ring (bicyclic) bond motifs is 1. The standard InChI is InChI=1S/C16H20N2O2/c1-11-7-12(2)9-17(8-11)10-18-14-6-4-3-5-13(14)15(19)16(18)20/h3-6,11-12H,7-10H2,1-2H3/p+1/t11-,12+. The summed E-state index contributed by atoms with van der Waals surface area (Å²) in [4.78, 5) is 27.2. The van der Waals surface area contributed by atoms with Crippen molar-refractivity contribution in [2.45, 2.75) is 20.3 Å². The lowest BCUT2D eigenvalue weighted by Gasteiger charge is -2.34. The first-order valence-corrected chi connectivity index (χ1v) is 7.35. The maximum absolute atomic E-state index is 12.2. The van der Waals surface area contributed by atoms with Gasteiger partial charge < -0.3 is 4.90 Å². The van der Waals surface area contributed by atoms with Gasteiger partial charge in [0.25, 0.3) is 5.78 Å². The molecule has 1 fully saturated rings. The number of carbonyl (C=O) groups excluding carboxylic acids is 2. The van der Waals surface area contributed by atoms with Gasteiger partial charge in [-0.1, -0.05) is 26.0 Å². The summed E-state index contributed by atoms with van der Waals surface area (Å²) in [6.45, 7) is 7.28. The molecule has 3 rings (SSSR count). The predicted molar refractivity (Wildman–Crippen MR) is 76.8 cm³/mol. The van der Waals surface area contributed by atoms with E-state index in [1.165, 1.54) is 11.3 Å². The zero-order valence-corrected chi connectivity index (χ0v) is 12.1. The van der Waals surface area contributed by atoms with Crippen LogP contribution in [0.5, 0.6) is 0 Å². The van der Waals surface area contributed by atoms with E-state index in [0.717, 1.165) is 18.8 Å². The molecule has 3 atom stereocenters. The van der Waals surface area contributed by atoms with Crippen LogP contribution >= 0.6 is 0 Å². The monoisotopic (exact) mass is 273 g/mol. The Bertz CT molecular complexity index is 545. The molecule has 0 aliphatic carbocycles. The van der Waals surface area contributed by atoms with Gasteiger partial charge in [0.05, 0.1) is 24.3 Å². The minimum absolute atomic E-state index is 0.363.